The molecule has 0 spiro atoms. The third-order valence-electron chi connectivity index (χ3n) is 3.31. The molecule has 2 atom stereocenters. The lowest BCUT2D eigenvalue weighted by atomic mass is 10.2. The molecule has 2 aromatic carbocycles. The lowest BCUT2D eigenvalue weighted by Crippen LogP contribution is -2.38. The first-order valence-electron chi connectivity index (χ1n) is 7.43. The summed E-state index contributed by atoms with van der Waals surface area (Å²) in [7, 11) is -0.0426. The zero-order chi connectivity index (χ0) is 16.5. The average Bonchev–Trinajstić information content (AvgIpc) is 2.56. The van der Waals surface area contributed by atoms with Crippen molar-refractivity contribution in [3.05, 3.63) is 71.8 Å². The van der Waals surface area contributed by atoms with Gasteiger partial charge in [-0.3, -0.25) is 4.79 Å². The van der Waals surface area contributed by atoms with E-state index in [2.05, 4.69) is 24.3 Å². The predicted molar refractivity (Wildman–Crippen MR) is 101 cm³/mol. The third kappa shape index (κ3) is 6.69. The Morgan fingerprint density at radius 1 is 1.04 bits per heavy atom. The van der Waals surface area contributed by atoms with E-state index in [0.717, 1.165) is 16.6 Å². The Labute approximate surface area is 144 Å². The molecule has 122 valence electrons. The molecule has 0 aliphatic heterocycles. The van der Waals surface area contributed by atoms with Gasteiger partial charge < -0.3 is 10.8 Å². The molecule has 0 aromatic heterocycles. The van der Waals surface area contributed by atoms with Crippen LogP contribution in [0.3, 0.4) is 0 Å². The van der Waals surface area contributed by atoms with Crippen LogP contribution in [0, 0.1) is 0 Å². The van der Waals surface area contributed by atoms with Crippen molar-refractivity contribution in [3.8, 4) is 0 Å². The fourth-order valence-corrected chi connectivity index (χ4v) is 5.99. The number of aliphatic carboxylic acids is 1. The highest BCUT2D eigenvalue weighted by Crippen LogP contribution is 2.19. The first kappa shape index (κ1) is 17.9. The molecule has 0 aliphatic carbocycles. The highest BCUT2D eigenvalue weighted by molar-refractivity contribution is 8.13. The van der Waals surface area contributed by atoms with Gasteiger partial charge in [-0.05, 0) is 5.56 Å². The van der Waals surface area contributed by atoms with Crippen molar-refractivity contribution in [1.29, 1.82) is 0 Å². The van der Waals surface area contributed by atoms with Gasteiger partial charge >= 0.3 is 5.97 Å². The van der Waals surface area contributed by atoms with Gasteiger partial charge in [0.15, 0.2) is 5.08 Å². The summed E-state index contributed by atoms with van der Waals surface area (Å²) < 4.78 is 0. The molecule has 0 amide bonds. The fraction of sp³-hybridized carbons (Fsp3) is 0.278. The molecule has 0 saturated heterocycles. The van der Waals surface area contributed by atoms with Gasteiger partial charge in [-0.1, -0.05) is 60.7 Å². The average molecular weight is 349 g/mol. The SMILES string of the molecule is N[C@@H](C[S+](CSCc1ccccc1)Cc1ccccc1)C(=O)O. The standard InChI is InChI=1S/C18H21NO2S2/c19-17(18(20)21)13-23(12-16-9-5-2-6-10-16)14-22-11-15-7-3-1-4-8-15/h1-10,17H,11-14,19H2/p+1/t17-,23?/m0/s1. The summed E-state index contributed by atoms with van der Waals surface area (Å²) in [6, 6.07) is 19.8. The van der Waals surface area contributed by atoms with Gasteiger partial charge in [0.1, 0.15) is 17.5 Å². The number of hydrogen-bond donors (Lipinski definition) is 2. The first-order chi connectivity index (χ1) is 11.1. The minimum Gasteiger partial charge on any atom is -0.480 e. The normalized spacial score (nSPS) is 13.4. The van der Waals surface area contributed by atoms with Crippen molar-refractivity contribution in [1.82, 2.24) is 0 Å². The van der Waals surface area contributed by atoms with Crippen LogP contribution in [0.1, 0.15) is 11.1 Å². The lowest BCUT2D eigenvalue weighted by molar-refractivity contribution is -0.137. The minimum atomic E-state index is -0.913. The van der Waals surface area contributed by atoms with Gasteiger partial charge in [-0.2, -0.15) is 0 Å². The highest BCUT2D eigenvalue weighted by Gasteiger charge is 2.26. The summed E-state index contributed by atoms with van der Waals surface area (Å²) in [6.45, 7) is 0. The van der Waals surface area contributed by atoms with Crippen molar-refractivity contribution in [3.63, 3.8) is 0 Å². The van der Waals surface area contributed by atoms with Crippen molar-refractivity contribution in [2.45, 2.75) is 17.5 Å². The van der Waals surface area contributed by atoms with Crippen LogP contribution in [0.5, 0.6) is 0 Å². The van der Waals surface area contributed by atoms with E-state index in [9.17, 15) is 4.79 Å². The van der Waals surface area contributed by atoms with Crippen LogP contribution in [0.4, 0.5) is 0 Å². The zero-order valence-electron chi connectivity index (χ0n) is 12.9. The van der Waals surface area contributed by atoms with Gasteiger partial charge in [0.05, 0.1) is 0 Å². The molecule has 3 nitrogen and oxygen atoms in total. The van der Waals surface area contributed by atoms with Crippen LogP contribution in [0.2, 0.25) is 0 Å². The van der Waals surface area contributed by atoms with E-state index in [1.54, 1.807) is 0 Å². The van der Waals surface area contributed by atoms with E-state index in [1.807, 2.05) is 48.2 Å². The van der Waals surface area contributed by atoms with Crippen LogP contribution in [-0.2, 0) is 27.2 Å². The molecule has 0 fully saturated rings. The molecule has 3 N–H and O–H groups in total. The zero-order valence-corrected chi connectivity index (χ0v) is 14.6. The molecule has 0 radical (unpaired) electrons. The van der Waals surface area contributed by atoms with Crippen LogP contribution < -0.4 is 5.73 Å². The van der Waals surface area contributed by atoms with E-state index in [0.29, 0.717) is 5.75 Å². The summed E-state index contributed by atoms with van der Waals surface area (Å²) in [5.74, 6) is 1.46. The predicted octanol–water partition coefficient (Wildman–Crippen LogP) is 3.11. The van der Waals surface area contributed by atoms with Crippen molar-refractivity contribution >= 4 is 28.6 Å². The van der Waals surface area contributed by atoms with Crippen LogP contribution >= 0.6 is 11.8 Å². The highest BCUT2D eigenvalue weighted by atomic mass is 32.2. The molecule has 23 heavy (non-hydrogen) atoms. The monoisotopic (exact) mass is 348 g/mol. The second-order valence-electron chi connectivity index (χ2n) is 5.31. The molecule has 5 heteroatoms. The second kappa shape index (κ2) is 9.65. The fourth-order valence-electron chi connectivity index (χ4n) is 2.14. The summed E-state index contributed by atoms with van der Waals surface area (Å²) >= 11 is 1.85. The summed E-state index contributed by atoms with van der Waals surface area (Å²) in [6.07, 6.45) is 0. The van der Waals surface area contributed by atoms with Gasteiger partial charge in [0.2, 0.25) is 0 Å². The molecular weight excluding hydrogens is 326 g/mol. The van der Waals surface area contributed by atoms with Gasteiger partial charge in [0.25, 0.3) is 0 Å². The Morgan fingerprint density at radius 3 is 2.17 bits per heavy atom. The third-order valence-corrected chi connectivity index (χ3v) is 7.42. The summed E-state index contributed by atoms with van der Waals surface area (Å²) in [5, 5.41) is 10.0. The Morgan fingerprint density at radius 2 is 1.61 bits per heavy atom. The van der Waals surface area contributed by atoms with E-state index in [-0.39, 0.29) is 10.9 Å². The Kier molecular flexibility index (Phi) is 7.52. The minimum absolute atomic E-state index is 0.0426. The molecule has 0 saturated carbocycles. The molecule has 0 heterocycles. The number of carboxylic acid groups (broad SMARTS) is 1. The maximum absolute atomic E-state index is 11.1. The van der Waals surface area contributed by atoms with E-state index >= 15 is 0 Å². The number of thioether (sulfide) groups is 1. The van der Waals surface area contributed by atoms with Crippen molar-refractivity contribution in [2.75, 3.05) is 10.8 Å². The molecule has 2 rings (SSSR count). The molecule has 0 aliphatic rings. The van der Waals surface area contributed by atoms with Crippen molar-refractivity contribution < 1.29 is 9.90 Å². The maximum Gasteiger partial charge on any atom is 0.325 e. The van der Waals surface area contributed by atoms with Crippen molar-refractivity contribution in [2.24, 2.45) is 5.73 Å². The first-order valence-corrected chi connectivity index (χ1v) is 10.3. The number of carbonyl (C=O) groups is 1. The Hall–Kier alpha value is -1.43. The Balaban J connectivity index is 1.91. The second-order valence-corrected chi connectivity index (χ2v) is 8.79. The number of nitrogens with two attached hydrogens (primary N) is 1. The quantitative estimate of drug-likeness (QED) is 0.684. The van der Waals surface area contributed by atoms with Crippen LogP contribution in [0.25, 0.3) is 0 Å². The van der Waals surface area contributed by atoms with Crippen LogP contribution in [0.15, 0.2) is 60.7 Å². The van der Waals surface area contributed by atoms with Gasteiger partial charge in [-0.15, -0.1) is 11.8 Å². The molecule has 2 aromatic rings. The van der Waals surface area contributed by atoms with E-state index in [1.165, 1.54) is 11.1 Å². The lowest BCUT2D eigenvalue weighted by Gasteiger charge is -2.11. The summed E-state index contributed by atoms with van der Waals surface area (Å²) in [4.78, 5) is 11.1. The molecule has 0 bridgehead atoms. The number of rotatable bonds is 9. The number of carboxylic acids is 1. The summed E-state index contributed by atoms with van der Waals surface area (Å²) in [5.41, 5.74) is 8.29. The number of benzene rings is 2. The largest absolute Gasteiger partial charge is 0.480 e. The van der Waals surface area contributed by atoms with Gasteiger partial charge in [0, 0.05) is 22.2 Å². The van der Waals surface area contributed by atoms with Gasteiger partial charge in [-0.25, -0.2) is 0 Å². The molecule has 1 unspecified atom stereocenters. The number of hydrogen-bond acceptors (Lipinski definition) is 3. The molecular formula is C18H22NO2S2+. The van der Waals surface area contributed by atoms with Crippen LogP contribution in [-0.4, -0.2) is 28.0 Å². The Bertz CT molecular complexity index is 592. The van der Waals surface area contributed by atoms with E-state index < -0.39 is 12.0 Å². The smallest absolute Gasteiger partial charge is 0.325 e. The van der Waals surface area contributed by atoms with E-state index in [4.69, 9.17) is 10.8 Å². The topological polar surface area (TPSA) is 63.3 Å². The maximum atomic E-state index is 11.1.